The van der Waals surface area contributed by atoms with Gasteiger partial charge >= 0.3 is 0 Å². The zero-order valence-electron chi connectivity index (χ0n) is 19.8. The van der Waals surface area contributed by atoms with Gasteiger partial charge in [0.15, 0.2) is 0 Å². The summed E-state index contributed by atoms with van der Waals surface area (Å²) in [5, 5.41) is 6.20. The van der Waals surface area contributed by atoms with Gasteiger partial charge in [-0.1, -0.05) is 24.2 Å². The Morgan fingerprint density at radius 2 is 1.06 bits per heavy atom. The number of allylic oxidation sites excluding steroid dienone is 2. The van der Waals surface area contributed by atoms with Gasteiger partial charge in [-0.15, -0.1) is 22.7 Å². The molecule has 2 heterocycles. The molecule has 0 spiro atoms. The predicted octanol–water partition coefficient (Wildman–Crippen LogP) is 10.4. The summed E-state index contributed by atoms with van der Waals surface area (Å²) in [5.41, 5.74) is 12.3. The predicted molar refractivity (Wildman–Crippen MR) is 159 cm³/mol. The molecule has 2 aliphatic rings. The molecule has 2 aromatic heterocycles. The van der Waals surface area contributed by atoms with Gasteiger partial charge in [-0.05, 0) is 151 Å². The fraction of sp³-hybridized carbons (Fsp3) is 0.286. The number of benzene rings is 2. The van der Waals surface area contributed by atoms with E-state index in [0.29, 0.717) is 0 Å². The molecule has 0 aliphatic heterocycles. The van der Waals surface area contributed by atoms with Crippen molar-refractivity contribution in [3.63, 3.8) is 0 Å². The monoisotopic (exact) mass is 612 g/mol. The van der Waals surface area contributed by atoms with Crippen LogP contribution in [0.5, 0.6) is 0 Å². The second-order valence-corrected chi connectivity index (χ2v) is 19.4. The molecular weight excluding hydrogens is 588 g/mol. The minimum atomic E-state index is -1.93. The molecule has 0 amide bonds. The maximum atomic E-state index is 3.73. The molecule has 0 saturated carbocycles. The van der Waals surface area contributed by atoms with Crippen molar-refractivity contribution in [2.75, 3.05) is 0 Å². The van der Waals surface area contributed by atoms with Crippen LogP contribution in [0.15, 0.2) is 43.0 Å². The van der Waals surface area contributed by atoms with Crippen molar-refractivity contribution in [1.82, 2.24) is 0 Å². The lowest BCUT2D eigenvalue weighted by Gasteiger charge is -2.30. The van der Waals surface area contributed by atoms with Crippen molar-refractivity contribution in [2.24, 2.45) is 0 Å². The molecule has 33 heavy (non-hydrogen) atoms. The number of aryl methyl sites for hydroxylation is 2. The minimum absolute atomic E-state index is 1.10. The Balaban J connectivity index is 1.57. The summed E-state index contributed by atoms with van der Waals surface area (Å²) in [7, 11) is -1.93. The smallest absolute Gasteiger partial charge is 0.113 e. The van der Waals surface area contributed by atoms with E-state index in [-0.39, 0.29) is 0 Å². The molecule has 0 atom stereocenters. The first-order valence-corrected chi connectivity index (χ1v) is 17.6. The zero-order valence-corrected chi connectivity index (χ0v) is 25.6. The minimum Gasteiger partial charge on any atom is -0.128 e. The van der Waals surface area contributed by atoms with Crippen LogP contribution < -0.4 is 0 Å². The lowest BCUT2D eigenvalue weighted by Crippen LogP contribution is -2.31. The molecule has 4 aromatic rings. The highest BCUT2D eigenvalue weighted by atomic mass is 79.9. The second-order valence-electron chi connectivity index (χ2n) is 10.3. The van der Waals surface area contributed by atoms with Crippen molar-refractivity contribution < 1.29 is 0 Å². The maximum absolute atomic E-state index is 3.73. The standard InChI is InChI=1S/C28H26Br2S2Si/c1-13-7-17-15(3)19-11-25(29)31-23(19)9-21(17)27(13)33(5,6)28-14(2)8-18-16(4)20-12-26(30)32-24(20)10-22(18)28/h9-12H,7-8H2,1-6H3. The van der Waals surface area contributed by atoms with Crippen LogP contribution in [0.25, 0.3) is 30.6 Å². The molecule has 0 bridgehead atoms. The van der Waals surface area contributed by atoms with Gasteiger partial charge < -0.3 is 0 Å². The Bertz CT molecular complexity index is 1480. The summed E-state index contributed by atoms with van der Waals surface area (Å²) in [6.07, 6.45) is 2.21. The van der Waals surface area contributed by atoms with Crippen LogP contribution in [0.1, 0.15) is 47.2 Å². The van der Waals surface area contributed by atoms with Crippen LogP contribution in [0, 0.1) is 13.8 Å². The lowest BCUT2D eigenvalue weighted by molar-refractivity contribution is 1.17. The highest BCUT2D eigenvalue weighted by Gasteiger charge is 2.41. The van der Waals surface area contributed by atoms with Gasteiger partial charge in [0.25, 0.3) is 0 Å². The first-order chi connectivity index (χ1) is 15.6. The Kier molecular flexibility index (Phi) is 5.11. The SMILES string of the molecule is CC1=C([Si](C)(C)C2=C(C)Cc3c2cc2sc(Br)cc2c3C)c2cc3sc(Br)cc3c(C)c2C1. The molecule has 0 unspecified atom stereocenters. The van der Waals surface area contributed by atoms with Crippen LogP contribution in [-0.4, -0.2) is 8.07 Å². The van der Waals surface area contributed by atoms with Crippen LogP contribution in [0.4, 0.5) is 0 Å². The number of hydrogen-bond acceptors (Lipinski definition) is 2. The maximum Gasteiger partial charge on any atom is 0.113 e. The molecule has 0 N–H and O–H groups in total. The molecule has 2 aliphatic carbocycles. The summed E-state index contributed by atoms with van der Waals surface area (Å²) in [5.74, 6) is 0. The normalized spacial score (nSPS) is 16.0. The van der Waals surface area contributed by atoms with E-state index in [2.05, 4.69) is 96.9 Å². The van der Waals surface area contributed by atoms with E-state index in [1.54, 1.807) is 32.7 Å². The average molecular weight is 615 g/mol. The largest absolute Gasteiger partial charge is 0.128 e. The van der Waals surface area contributed by atoms with Crippen molar-refractivity contribution in [3.05, 3.63) is 76.4 Å². The van der Waals surface area contributed by atoms with Crippen LogP contribution >= 0.6 is 54.5 Å². The average Bonchev–Trinajstić information content (AvgIpc) is 3.45. The van der Waals surface area contributed by atoms with Gasteiger partial charge in [-0.2, -0.15) is 0 Å². The third-order valence-electron chi connectivity index (χ3n) is 7.90. The number of thiophene rings is 2. The molecule has 0 fully saturated rings. The van der Waals surface area contributed by atoms with Gasteiger partial charge in [0.2, 0.25) is 0 Å². The van der Waals surface area contributed by atoms with E-state index >= 15 is 0 Å². The van der Waals surface area contributed by atoms with Crippen molar-refractivity contribution in [2.45, 2.75) is 53.6 Å². The lowest BCUT2D eigenvalue weighted by atomic mass is 10.00. The molecule has 5 heteroatoms. The number of halogens is 2. The highest BCUT2D eigenvalue weighted by molar-refractivity contribution is 9.11. The van der Waals surface area contributed by atoms with Crippen LogP contribution in [-0.2, 0) is 12.8 Å². The van der Waals surface area contributed by atoms with Gasteiger partial charge in [-0.3, -0.25) is 0 Å². The van der Waals surface area contributed by atoms with Crippen molar-refractivity contribution in [3.8, 4) is 0 Å². The number of fused-ring (bicyclic) bond motifs is 4. The summed E-state index contributed by atoms with van der Waals surface area (Å²) in [6, 6.07) is 9.62. The fourth-order valence-corrected chi connectivity index (χ4v) is 14.3. The molecule has 0 nitrogen and oxygen atoms in total. The van der Waals surface area contributed by atoms with E-state index in [0.717, 1.165) is 12.8 Å². The first-order valence-electron chi connectivity index (χ1n) is 11.4. The van der Waals surface area contributed by atoms with E-state index in [9.17, 15) is 0 Å². The van der Waals surface area contributed by atoms with Crippen molar-refractivity contribution >= 4 is 93.2 Å². The quantitative estimate of drug-likeness (QED) is 0.197. The third kappa shape index (κ3) is 3.15. The Morgan fingerprint density at radius 3 is 1.45 bits per heavy atom. The van der Waals surface area contributed by atoms with E-state index in [1.807, 2.05) is 22.7 Å². The molecule has 168 valence electrons. The summed E-state index contributed by atoms with van der Waals surface area (Å²) in [4.78, 5) is 0. The zero-order chi connectivity index (χ0) is 23.4. The molecule has 6 rings (SSSR count). The number of rotatable bonds is 2. The highest BCUT2D eigenvalue weighted by Crippen LogP contribution is 2.52. The Hall–Kier alpha value is -0.983. The third-order valence-corrected chi connectivity index (χ3v) is 15.0. The molecule has 0 radical (unpaired) electrons. The van der Waals surface area contributed by atoms with Crippen LogP contribution in [0.2, 0.25) is 13.1 Å². The summed E-state index contributed by atoms with van der Waals surface area (Å²) >= 11 is 11.2. The molecular formula is C28H26Br2S2Si. The summed E-state index contributed by atoms with van der Waals surface area (Å²) < 4.78 is 5.28. The van der Waals surface area contributed by atoms with E-state index in [1.165, 1.54) is 50.0 Å². The van der Waals surface area contributed by atoms with Gasteiger partial charge in [0.1, 0.15) is 8.07 Å². The first kappa shape index (κ1) is 22.5. The van der Waals surface area contributed by atoms with Gasteiger partial charge in [-0.25, -0.2) is 0 Å². The van der Waals surface area contributed by atoms with Gasteiger partial charge in [0, 0.05) is 9.40 Å². The second kappa shape index (κ2) is 7.51. The topological polar surface area (TPSA) is 0 Å². The van der Waals surface area contributed by atoms with Crippen LogP contribution in [0.3, 0.4) is 0 Å². The summed E-state index contributed by atoms with van der Waals surface area (Å²) in [6.45, 7) is 14.6. The van der Waals surface area contributed by atoms with Gasteiger partial charge in [0.05, 0.1) is 7.57 Å². The Labute approximate surface area is 221 Å². The molecule has 2 aromatic carbocycles. The fourth-order valence-electron chi connectivity index (χ4n) is 6.65. The van der Waals surface area contributed by atoms with E-state index < -0.39 is 8.07 Å². The Morgan fingerprint density at radius 1 is 0.667 bits per heavy atom. The van der Waals surface area contributed by atoms with E-state index in [4.69, 9.17) is 0 Å². The van der Waals surface area contributed by atoms with Crippen molar-refractivity contribution in [1.29, 1.82) is 0 Å². The number of hydrogen-bond donors (Lipinski definition) is 0. The molecule has 0 saturated heterocycles.